The Morgan fingerprint density at radius 1 is 1.28 bits per heavy atom. The van der Waals surface area contributed by atoms with Crippen molar-refractivity contribution < 1.29 is 0 Å². The Kier molecular flexibility index (Phi) is 4.11. The maximum absolute atomic E-state index is 5.99. The lowest BCUT2D eigenvalue weighted by molar-refractivity contribution is 1.06. The van der Waals surface area contributed by atoms with Gasteiger partial charge in [-0.25, -0.2) is 9.98 Å². The molecule has 0 atom stereocenters. The molecule has 0 unspecified atom stereocenters. The van der Waals surface area contributed by atoms with Crippen LogP contribution < -0.4 is 5.73 Å². The number of benzene rings is 1. The third-order valence-electron chi connectivity index (χ3n) is 2.21. The van der Waals surface area contributed by atoms with Crippen molar-refractivity contribution in [1.82, 2.24) is 9.55 Å². The first-order valence-corrected chi connectivity index (χ1v) is 6.28. The van der Waals surface area contributed by atoms with E-state index in [1.807, 2.05) is 12.1 Å². The Hall–Kier alpha value is -1.23. The number of rotatable bonds is 3. The molecule has 94 valence electrons. The summed E-state index contributed by atoms with van der Waals surface area (Å²) in [5.74, 6) is 0.568. The Morgan fingerprint density at radius 2 is 1.94 bits per heavy atom. The molecule has 1 heterocycles. The second kappa shape index (κ2) is 5.61. The molecular formula is C11H9Cl3N4. The minimum Gasteiger partial charge on any atom is -0.386 e. The van der Waals surface area contributed by atoms with Gasteiger partial charge in [-0.15, -0.1) is 11.6 Å². The van der Waals surface area contributed by atoms with Crippen LogP contribution in [0, 0.1) is 0 Å². The molecule has 4 nitrogen and oxygen atoms in total. The van der Waals surface area contributed by atoms with E-state index in [9.17, 15) is 0 Å². The lowest BCUT2D eigenvalue weighted by Gasteiger charge is -2.04. The highest BCUT2D eigenvalue weighted by Gasteiger charge is 2.07. The normalized spacial score (nSPS) is 11.8. The number of aliphatic imine (C=N–C) groups is 1. The van der Waals surface area contributed by atoms with E-state index in [2.05, 4.69) is 9.98 Å². The summed E-state index contributed by atoms with van der Waals surface area (Å²) >= 11 is 17.3. The van der Waals surface area contributed by atoms with Crippen molar-refractivity contribution in [3.05, 3.63) is 40.9 Å². The Bertz CT molecular complexity index is 574. The average molecular weight is 304 g/mol. The summed E-state index contributed by atoms with van der Waals surface area (Å²) in [5.41, 5.74) is 7.10. The smallest absolute Gasteiger partial charge is 0.166 e. The number of amidine groups is 1. The fourth-order valence-corrected chi connectivity index (χ4v) is 1.76. The van der Waals surface area contributed by atoms with Crippen LogP contribution >= 0.6 is 34.8 Å². The molecule has 0 aliphatic rings. The first kappa shape index (κ1) is 13.2. The standard InChI is InChI=1S/C11H9Cl3N4/c12-5-9(15)17-7-1-3-8(4-2-7)18-6-16-10(13)11(18)14/h1-4,6H,5H2,(H2,15,17). The van der Waals surface area contributed by atoms with Crippen molar-refractivity contribution in [3.8, 4) is 5.69 Å². The summed E-state index contributed by atoms with van der Waals surface area (Å²) in [5, 5.41) is 0.637. The van der Waals surface area contributed by atoms with Gasteiger partial charge in [-0.1, -0.05) is 23.2 Å². The van der Waals surface area contributed by atoms with E-state index in [4.69, 9.17) is 40.5 Å². The molecular weight excluding hydrogens is 295 g/mol. The first-order valence-electron chi connectivity index (χ1n) is 4.99. The predicted octanol–water partition coefficient (Wildman–Crippen LogP) is 3.41. The van der Waals surface area contributed by atoms with Crippen LogP contribution in [-0.4, -0.2) is 21.3 Å². The highest BCUT2D eigenvalue weighted by molar-refractivity contribution is 6.40. The van der Waals surface area contributed by atoms with Crippen LogP contribution in [0.5, 0.6) is 0 Å². The van der Waals surface area contributed by atoms with Crippen LogP contribution in [0.4, 0.5) is 5.69 Å². The van der Waals surface area contributed by atoms with Gasteiger partial charge < -0.3 is 5.73 Å². The molecule has 2 N–H and O–H groups in total. The molecule has 1 aromatic carbocycles. The number of hydrogen-bond donors (Lipinski definition) is 1. The number of imidazole rings is 1. The summed E-state index contributed by atoms with van der Waals surface area (Å²) < 4.78 is 1.67. The van der Waals surface area contributed by atoms with Gasteiger partial charge in [0.25, 0.3) is 0 Å². The summed E-state index contributed by atoms with van der Waals surface area (Å²) in [6, 6.07) is 7.28. The van der Waals surface area contributed by atoms with E-state index in [0.29, 0.717) is 11.0 Å². The van der Waals surface area contributed by atoms with Crippen molar-refractivity contribution in [3.63, 3.8) is 0 Å². The van der Waals surface area contributed by atoms with Gasteiger partial charge in [0.05, 0.1) is 11.6 Å². The fourth-order valence-electron chi connectivity index (χ4n) is 1.38. The van der Waals surface area contributed by atoms with Crippen molar-refractivity contribution >= 4 is 46.3 Å². The molecule has 0 aliphatic carbocycles. The number of nitrogens with two attached hydrogens (primary N) is 1. The largest absolute Gasteiger partial charge is 0.386 e. The van der Waals surface area contributed by atoms with Crippen molar-refractivity contribution in [2.75, 3.05) is 5.88 Å². The molecule has 0 saturated carbocycles. The molecule has 0 radical (unpaired) electrons. The van der Waals surface area contributed by atoms with Gasteiger partial charge in [-0.3, -0.25) is 4.57 Å². The zero-order valence-electron chi connectivity index (χ0n) is 9.15. The van der Waals surface area contributed by atoms with E-state index >= 15 is 0 Å². The van der Waals surface area contributed by atoms with Gasteiger partial charge in [-0.2, -0.15) is 0 Å². The number of hydrogen-bond acceptors (Lipinski definition) is 2. The van der Waals surface area contributed by atoms with Crippen LogP contribution in [0.2, 0.25) is 10.3 Å². The van der Waals surface area contributed by atoms with E-state index in [0.717, 1.165) is 11.4 Å². The number of nitrogens with zero attached hydrogens (tertiary/aromatic N) is 3. The predicted molar refractivity (Wildman–Crippen MR) is 75.6 cm³/mol. The second-order valence-electron chi connectivity index (χ2n) is 3.45. The Labute approximate surface area is 119 Å². The maximum atomic E-state index is 5.99. The Balaban J connectivity index is 2.31. The first-order chi connectivity index (χ1) is 8.61. The number of alkyl halides is 1. The monoisotopic (exact) mass is 302 g/mol. The molecule has 0 fully saturated rings. The van der Waals surface area contributed by atoms with Gasteiger partial charge in [0.2, 0.25) is 0 Å². The highest BCUT2D eigenvalue weighted by atomic mass is 35.5. The second-order valence-corrected chi connectivity index (χ2v) is 4.43. The Morgan fingerprint density at radius 3 is 2.44 bits per heavy atom. The van der Waals surface area contributed by atoms with Crippen LogP contribution in [0.1, 0.15) is 0 Å². The molecule has 2 rings (SSSR count). The molecule has 0 saturated heterocycles. The molecule has 0 aliphatic heterocycles. The van der Waals surface area contributed by atoms with Gasteiger partial charge >= 0.3 is 0 Å². The highest BCUT2D eigenvalue weighted by Crippen LogP contribution is 2.24. The zero-order valence-corrected chi connectivity index (χ0v) is 11.4. The molecule has 0 bridgehead atoms. The SMILES string of the molecule is NC(CCl)=Nc1ccc(-n2cnc(Cl)c2Cl)cc1. The van der Waals surface area contributed by atoms with E-state index < -0.39 is 0 Å². The van der Waals surface area contributed by atoms with Crippen LogP contribution in [0.3, 0.4) is 0 Å². The fraction of sp³-hybridized carbons (Fsp3) is 0.0909. The van der Waals surface area contributed by atoms with Crippen LogP contribution in [0.25, 0.3) is 5.69 Å². The van der Waals surface area contributed by atoms with Crippen molar-refractivity contribution in [1.29, 1.82) is 0 Å². The molecule has 0 spiro atoms. The third-order valence-corrected chi connectivity index (χ3v) is 3.21. The lowest BCUT2D eigenvalue weighted by Crippen LogP contribution is -2.12. The van der Waals surface area contributed by atoms with Crippen LogP contribution in [0.15, 0.2) is 35.6 Å². The minimum absolute atomic E-state index is 0.199. The summed E-state index contributed by atoms with van der Waals surface area (Å²) in [7, 11) is 0. The topological polar surface area (TPSA) is 56.2 Å². The van der Waals surface area contributed by atoms with Crippen LogP contribution in [-0.2, 0) is 0 Å². The lowest BCUT2D eigenvalue weighted by atomic mass is 10.3. The van der Waals surface area contributed by atoms with Gasteiger partial charge in [0, 0.05) is 5.69 Å². The quantitative estimate of drug-likeness (QED) is 0.537. The third kappa shape index (κ3) is 2.77. The van der Waals surface area contributed by atoms with Crippen molar-refractivity contribution in [2.45, 2.75) is 0 Å². The van der Waals surface area contributed by atoms with Crippen molar-refractivity contribution in [2.24, 2.45) is 10.7 Å². The summed E-state index contributed by atoms with van der Waals surface area (Å²) in [6.07, 6.45) is 1.55. The zero-order chi connectivity index (χ0) is 13.1. The average Bonchev–Trinajstić information content (AvgIpc) is 2.71. The molecule has 1 aromatic heterocycles. The number of aromatic nitrogens is 2. The van der Waals surface area contributed by atoms with E-state index in [1.165, 1.54) is 0 Å². The molecule has 0 amide bonds. The summed E-state index contributed by atoms with van der Waals surface area (Å²) in [6.45, 7) is 0. The molecule has 2 aromatic rings. The summed E-state index contributed by atoms with van der Waals surface area (Å²) in [4.78, 5) is 8.03. The van der Waals surface area contributed by atoms with Gasteiger partial charge in [-0.05, 0) is 24.3 Å². The number of halogens is 3. The van der Waals surface area contributed by atoms with E-state index in [-0.39, 0.29) is 11.0 Å². The van der Waals surface area contributed by atoms with Gasteiger partial charge in [0.15, 0.2) is 10.3 Å². The van der Waals surface area contributed by atoms with Gasteiger partial charge in [0.1, 0.15) is 12.2 Å². The van der Waals surface area contributed by atoms with E-state index in [1.54, 1.807) is 23.0 Å². The molecule has 18 heavy (non-hydrogen) atoms. The minimum atomic E-state index is 0.199. The molecule has 7 heteroatoms. The maximum Gasteiger partial charge on any atom is 0.166 e.